The van der Waals surface area contributed by atoms with Crippen LogP contribution in [0.4, 0.5) is 17.2 Å². The number of nitrogen functional groups attached to an aromatic ring is 2. The normalized spacial score (nSPS) is 13.7. The summed E-state index contributed by atoms with van der Waals surface area (Å²) in [5, 5.41) is 20.3. The molecular weight excluding hydrogens is 506 g/mol. The molecule has 0 spiro atoms. The molecule has 0 bridgehead atoms. The van der Waals surface area contributed by atoms with Crippen LogP contribution in [-0.4, -0.2) is 47.0 Å². The summed E-state index contributed by atoms with van der Waals surface area (Å²) in [4.78, 5) is 30.9. The van der Waals surface area contributed by atoms with E-state index in [2.05, 4.69) is 26.3 Å². The van der Waals surface area contributed by atoms with E-state index in [0.717, 1.165) is 43.7 Å². The highest BCUT2D eigenvalue weighted by atomic mass is 16.2. The number of carbonyl (C=O) groups is 1. The Labute approximate surface area is 234 Å². The van der Waals surface area contributed by atoms with Crippen LogP contribution in [0.2, 0.25) is 0 Å². The molecule has 1 aliphatic heterocycles. The Morgan fingerprint density at radius 2 is 1.90 bits per heavy atom. The lowest BCUT2D eigenvalue weighted by molar-refractivity contribution is -0.121. The Morgan fingerprint density at radius 1 is 1.18 bits per heavy atom. The van der Waals surface area contributed by atoms with Gasteiger partial charge in [-0.05, 0) is 69.5 Å². The number of benzene rings is 2. The van der Waals surface area contributed by atoms with E-state index >= 15 is 0 Å². The van der Waals surface area contributed by atoms with E-state index in [1.807, 2.05) is 26.0 Å². The van der Waals surface area contributed by atoms with Crippen LogP contribution < -0.4 is 38.3 Å². The smallest absolute Gasteiger partial charge is 0.294 e. The molecule has 0 atom stereocenters. The van der Waals surface area contributed by atoms with E-state index in [-0.39, 0.29) is 42.3 Å². The third kappa shape index (κ3) is 7.60. The molecule has 1 aliphatic rings. The van der Waals surface area contributed by atoms with Crippen molar-refractivity contribution in [3.05, 3.63) is 70.1 Å². The Bertz CT molecular complexity index is 1390. The number of anilines is 3. The molecular formula is C29H39N9O2. The molecule has 11 nitrogen and oxygen atoms in total. The van der Waals surface area contributed by atoms with Gasteiger partial charge in [-0.2, -0.15) is 0 Å². The first kappa shape index (κ1) is 28.6. The van der Waals surface area contributed by atoms with E-state index < -0.39 is 0 Å². The second-order valence-electron chi connectivity index (χ2n) is 10.5. The zero-order chi connectivity index (χ0) is 28.6. The van der Waals surface area contributed by atoms with Gasteiger partial charge in [0.2, 0.25) is 5.91 Å². The minimum atomic E-state index is -0.390. The number of rotatable bonds is 11. The maximum atomic E-state index is 13.5. The first-order valence-corrected chi connectivity index (χ1v) is 13.6. The van der Waals surface area contributed by atoms with Crippen molar-refractivity contribution in [3.63, 3.8) is 0 Å². The largest absolute Gasteiger partial charge is 0.399 e. The number of nitrogens with two attached hydrogens (primary N) is 2. The molecule has 0 unspecified atom stereocenters. The second kappa shape index (κ2) is 13.1. The molecule has 40 heavy (non-hydrogen) atoms. The lowest BCUT2D eigenvalue weighted by atomic mass is 9.98. The molecule has 0 radical (unpaired) electrons. The van der Waals surface area contributed by atoms with Gasteiger partial charge in [-0.1, -0.05) is 24.3 Å². The molecule has 1 saturated heterocycles. The van der Waals surface area contributed by atoms with Gasteiger partial charge in [-0.25, -0.2) is 4.98 Å². The molecule has 1 aromatic heterocycles. The Balaban J connectivity index is 1.57. The number of piperidine rings is 1. The number of aromatic nitrogens is 2. The predicted octanol–water partition coefficient (Wildman–Crippen LogP) is 2.32. The van der Waals surface area contributed by atoms with Crippen molar-refractivity contribution in [2.45, 2.75) is 45.8 Å². The number of nitrogens with zero attached hydrogens (tertiary/aromatic N) is 2. The molecule has 3 aromatic rings. The summed E-state index contributed by atoms with van der Waals surface area (Å²) < 4.78 is 1.43. The summed E-state index contributed by atoms with van der Waals surface area (Å²) in [6.45, 7) is 6.80. The van der Waals surface area contributed by atoms with Crippen LogP contribution in [0.5, 0.6) is 0 Å². The van der Waals surface area contributed by atoms with Gasteiger partial charge in [0.15, 0.2) is 5.82 Å². The monoisotopic (exact) mass is 545 g/mol. The fraction of sp³-hybridized carbons (Fsp3) is 0.379. The standard InChI is InChI=1S/C29H39N9O2/c1-18(2)37-28-29(40)38(17-26(39)35-15-19-3-5-21(6-4-19)27(31)32)25(16-36-28)22-11-23(30)13-24(12-22)34-14-20-7-9-33-10-8-20/h3-6,11-13,16,18,20,33-34H,7-10,14-15,17,30H2,1-2H3,(H3,31,32)(H,35,39)(H,36,37). The third-order valence-corrected chi connectivity index (χ3v) is 6.84. The van der Waals surface area contributed by atoms with Gasteiger partial charge < -0.3 is 32.7 Å². The zero-order valence-electron chi connectivity index (χ0n) is 23.1. The van der Waals surface area contributed by atoms with Crippen molar-refractivity contribution in [1.29, 1.82) is 5.41 Å². The summed E-state index contributed by atoms with van der Waals surface area (Å²) in [5.74, 6) is 0.417. The third-order valence-electron chi connectivity index (χ3n) is 6.84. The fourth-order valence-corrected chi connectivity index (χ4v) is 4.70. The summed E-state index contributed by atoms with van der Waals surface area (Å²) in [6, 6.07) is 12.7. The van der Waals surface area contributed by atoms with Crippen LogP contribution in [0.3, 0.4) is 0 Å². The quantitative estimate of drug-likeness (QED) is 0.109. The van der Waals surface area contributed by atoms with E-state index in [4.69, 9.17) is 16.9 Å². The Hall–Kier alpha value is -4.38. The van der Waals surface area contributed by atoms with Crippen molar-refractivity contribution in [3.8, 4) is 11.3 Å². The highest BCUT2D eigenvalue weighted by Gasteiger charge is 2.17. The van der Waals surface area contributed by atoms with Crippen LogP contribution >= 0.6 is 0 Å². The van der Waals surface area contributed by atoms with Gasteiger partial charge in [-0.3, -0.25) is 19.6 Å². The molecule has 0 saturated carbocycles. The minimum absolute atomic E-state index is 0.00976. The average Bonchev–Trinajstić information content (AvgIpc) is 2.93. The van der Waals surface area contributed by atoms with Crippen LogP contribution in [0, 0.1) is 11.3 Å². The number of hydrogen-bond donors (Lipinski definition) is 7. The van der Waals surface area contributed by atoms with Gasteiger partial charge in [0.25, 0.3) is 5.56 Å². The first-order valence-electron chi connectivity index (χ1n) is 13.6. The molecule has 0 aliphatic carbocycles. The lowest BCUT2D eigenvalue weighted by Crippen LogP contribution is -2.35. The van der Waals surface area contributed by atoms with Crippen molar-refractivity contribution in [2.24, 2.45) is 11.7 Å². The molecule has 4 rings (SSSR count). The Morgan fingerprint density at radius 3 is 2.58 bits per heavy atom. The molecule has 212 valence electrons. The highest BCUT2D eigenvalue weighted by molar-refractivity contribution is 5.94. The molecule has 1 amide bonds. The number of hydrogen-bond acceptors (Lipinski definition) is 8. The number of amides is 1. The lowest BCUT2D eigenvalue weighted by Gasteiger charge is -2.23. The Kier molecular flexibility index (Phi) is 9.39. The molecule has 1 fully saturated rings. The van der Waals surface area contributed by atoms with E-state index in [1.165, 1.54) is 4.57 Å². The molecule has 11 heteroatoms. The van der Waals surface area contributed by atoms with Gasteiger partial charge in [0.05, 0.1) is 11.9 Å². The SMILES string of the molecule is CC(C)Nc1ncc(-c2cc(N)cc(NCC3CCNCC3)c2)n(CC(=O)NCc2ccc(C(=N)N)cc2)c1=O. The molecule has 2 aromatic carbocycles. The summed E-state index contributed by atoms with van der Waals surface area (Å²) in [6.07, 6.45) is 3.84. The van der Waals surface area contributed by atoms with Crippen molar-refractivity contribution in [2.75, 3.05) is 36.0 Å². The van der Waals surface area contributed by atoms with Crippen LogP contribution in [0.1, 0.15) is 37.8 Å². The first-order chi connectivity index (χ1) is 19.2. The summed E-state index contributed by atoms with van der Waals surface area (Å²) in [5.41, 5.74) is 15.4. The number of carbonyl (C=O) groups excluding carboxylic acids is 1. The zero-order valence-corrected chi connectivity index (χ0v) is 23.1. The average molecular weight is 546 g/mol. The summed E-state index contributed by atoms with van der Waals surface area (Å²) in [7, 11) is 0. The minimum Gasteiger partial charge on any atom is -0.399 e. The maximum absolute atomic E-state index is 13.5. The van der Waals surface area contributed by atoms with Crippen LogP contribution in [-0.2, 0) is 17.9 Å². The van der Waals surface area contributed by atoms with Crippen LogP contribution in [0.25, 0.3) is 11.3 Å². The van der Waals surface area contributed by atoms with Gasteiger partial charge in [0, 0.05) is 41.6 Å². The molecule has 9 N–H and O–H groups in total. The van der Waals surface area contributed by atoms with Crippen molar-refractivity contribution < 1.29 is 4.79 Å². The number of nitrogens with one attached hydrogen (secondary N) is 5. The highest BCUT2D eigenvalue weighted by Crippen LogP contribution is 2.26. The van der Waals surface area contributed by atoms with Gasteiger partial charge in [-0.15, -0.1) is 0 Å². The van der Waals surface area contributed by atoms with E-state index in [1.54, 1.807) is 36.5 Å². The molecule has 2 heterocycles. The van der Waals surface area contributed by atoms with Gasteiger partial charge in [0.1, 0.15) is 12.4 Å². The second-order valence-corrected chi connectivity index (χ2v) is 10.5. The fourth-order valence-electron chi connectivity index (χ4n) is 4.70. The van der Waals surface area contributed by atoms with E-state index in [0.29, 0.717) is 28.4 Å². The van der Waals surface area contributed by atoms with Crippen LogP contribution in [0.15, 0.2) is 53.5 Å². The van der Waals surface area contributed by atoms with E-state index in [9.17, 15) is 9.59 Å². The van der Waals surface area contributed by atoms with Crippen molar-refractivity contribution in [1.82, 2.24) is 20.2 Å². The van der Waals surface area contributed by atoms with Gasteiger partial charge >= 0.3 is 0 Å². The predicted molar refractivity (Wildman–Crippen MR) is 160 cm³/mol. The number of amidine groups is 1. The summed E-state index contributed by atoms with van der Waals surface area (Å²) >= 11 is 0. The topological polar surface area (TPSA) is 176 Å². The van der Waals surface area contributed by atoms with Crippen molar-refractivity contribution >= 4 is 28.9 Å². The maximum Gasteiger partial charge on any atom is 0.294 e.